The molecule has 0 fully saturated rings. The second kappa shape index (κ2) is 4.11. The lowest BCUT2D eigenvalue weighted by Gasteiger charge is -2.05. The minimum atomic E-state index is -4.44. The molecule has 0 saturated carbocycles. The Kier molecular flexibility index (Phi) is 3.20. The van der Waals surface area contributed by atoms with Crippen molar-refractivity contribution in [3.05, 3.63) is 29.3 Å². The number of aromatic carboxylic acids is 2. The second-order valence-electron chi connectivity index (χ2n) is 2.73. The minimum absolute atomic E-state index is 0.671. The Morgan fingerprint density at radius 1 is 1.06 bits per heavy atom. The molecule has 1 aromatic rings. The molecule has 0 atom stereocenters. The molecular weight excluding hydrogens is 260 g/mol. The Balaban J connectivity index is 3.75. The van der Waals surface area contributed by atoms with Crippen LogP contribution in [0.15, 0.2) is 23.1 Å². The van der Waals surface area contributed by atoms with Gasteiger partial charge in [-0.15, -0.1) is 0 Å². The van der Waals surface area contributed by atoms with Gasteiger partial charge in [-0.25, -0.2) is 18.0 Å². The maximum Gasteiger partial charge on any atom is 0.337 e. The van der Waals surface area contributed by atoms with Crippen LogP contribution >= 0.6 is 10.7 Å². The van der Waals surface area contributed by atoms with Crippen LogP contribution in [-0.2, 0) is 9.05 Å². The lowest BCUT2D eigenvalue weighted by molar-refractivity contribution is 0.0689. The number of rotatable bonds is 3. The van der Waals surface area contributed by atoms with Crippen molar-refractivity contribution in [2.75, 3.05) is 0 Å². The highest BCUT2D eigenvalue weighted by atomic mass is 35.7. The molecule has 0 aliphatic rings. The topological polar surface area (TPSA) is 109 Å². The molecule has 0 unspecified atom stereocenters. The summed E-state index contributed by atoms with van der Waals surface area (Å²) in [6.07, 6.45) is 0. The van der Waals surface area contributed by atoms with Gasteiger partial charge >= 0.3 is 11.9 Å². The fourth-order valence-corrected chi connectivity index (χ4v) is 2.47. The van der Waals surface area contributed by atoms with E-state index in [1.807, 2.05) is 0 Å². The number of hydrogen-bond donors (Lipinski definition) is 2. The van der Waals surface area contributed by atoms with Crippen molar-refractivity contribution in [2.45, 2.75) is 4.90 Å². The van der Waals surface area contributed by atoms with Gasteiger partial charge in [0.15, 0.2) is 0 Å². The van der Waals surface area contributed by atoms with E-state index in [2.05, 4.69) is 0 Å². The summed E-state index contributed by atoms with van der Waals surface area (Å²) in [5.41, 5.74) is -1.34. The molecule has 0 radical (unpaired) electrons. The standard InChI is InChI=1S/C8H5ClO6S/c9-16(14,15)6-4(7(10)11)2-1-3-5(6)8(12)13/h1-3H,(H,10,11)(H,12,13). The number of benzene rings is 1. The van der Waals surface area contributed by atoms with E-state index in [0.29, 0.717) is 0 Å². The van der Waals surface area contributed by atoms with Gasteiger partial charge in [-0.1, -0.05) is 6.07 Å². The van der Waals surface area contributed by atoms with Crippen LogP contribution in [0.5, 0.6) is 0 Å². The second-order valence-corrected chi connectivity index (χ2v) is 5.23. The normalized spacial score (nSPS) is 11.1. The fourth-order valence-electron chi connectivity index (χ4n) is 1.14. The summed E-state index contributed by atoms with van der Waals surface area (Å²) in [6, 6.07) is 3.05. The Morgan fingerprint density at radius 3 is 1.69 bits per heavy atom. The first-order chi connectivity index (χ1) is 7.25. The average Bonchev–Trinajstić information content (AvgIpc) is 2.15. The highest BCUT2D eigenvalue weighted by molar-refractivity contribution is 8.13. The van der Waals surface area contributed by atoms with E-state index < -0.39 is 37.0 Å². The number of halogens is 1. The largest absolute Gasteiger partial charge is 0.478 e. The summed E-state index contributed by atoms with van der Waals surface area (Å²) in [7, 11) is 0.559. The van der Waals surface area contributed by atoms with Crippen LogP contribution in [-0.4, -0.2) is 30.6 Å². The fraction of sp³-hybridized carbons (Fsp3) is 0. The molecule has 0 bridgehead atoms. The molecule has 0 saturated heterocycles. The third kappa shape index (κ3) is 2.31. The van der Waals surface area contributed by atoms with E-state index in [0.717, 1.165) is 18.2 Å². The summed E-state index contributed by atoms with van der Waals surface area (Å²) in [6.45, 7) is 0. The van der Waals surface area contributed by atoms with Crippen molar-refractivity contribution in [3.8, 4) is 0 Å². The van der Waals surface area contributed by atoms with Gasteiger partial charge in [-0.05, 0) is 12.1 Å². The summed E-state index contributed by atoms with van der Waals surface area (Å²) < 4.78 is 22.2. The minimum Gasteiger partial charge on any atom is -0.478 e. The van der Waals surface area contributed by atoms with Gasteiger partial charge in [-0.2, -0.15) is 0 Å². The first-order valence-electron chi connectivity index (χ1n) is 3.79. The van der Waals surface area contributed by atoms with Crippen LogP contribution in [0.3, 0.4) is 0 Å². The van der Waals surface area contributed by atoms with E-state index in [1.54, 1.807) is 0 Å². The van der Waals surface area contributed by atoms with Crippen LogP contribution in [0.4, 0.5) is 0 Å². The third-order valence-corrected chi connectivity index (χ3v) is 3.11. The number of carboxylic acid groups (broad SMARTS) is 2. The summed E-state index contributed by atoms with van der Waals surface area (Å²) >= 11 is 0. The molecule has 6 nitrogen and oxygen atoms in total. The predicted octanol–water partition coefficient (Wildman–Crippen LogP) is 1.01. The number of carbonyl (C=O) groups is 2. The van der Waals surface area contributed by atoms with E-state index >= 15 is 0 Å². The molecule has 0 aliphatic heterocycles. The van der Waals surface area contributed by atoms with Crippen molar-refractivity contribution < 1.29 is 28.2 Å². The molecule has 2 N–H and O–H groups in total. The molecule has 8 heteroatoms. The Morgan fingerprint density at radius 2 is 1.44 bits per heavy atom. The van der Waals surface area contributed by atoms with Gasteiger partial charge in [0.05, 0.1) is 11.1 Å². The van der Waals surface area contributed by atoms with Crippen LogP contribution in [0.2, 0.25) is 0 Å². The molecule has 0 spiro atoms. The van der Waals surface area contributed by atoms with Gasteiger partial charge in [0, 0.05) is 10.7 Å². The van der Waals surface area contributed by atoms with Crippen molar-refractivity contribution >= 4 is 31.7 Å². The smallest absolute Gasteiger partial charge is 0.337 e. The van der Waals surface area contributed by atoms with Crippen molar-refractivity contribution in [1.29, 1.82) is 0 Å². The molecule has 0 aliphatic carbocycles. The summed E-state index contributed by atoms with van der Waals surface area (Å²) in [5.74, 6) is -3.13. The van der Waals surface area contributed by atoms with Gasteiger partial charge in [0.25, 0.3) is 9.05 Å². The zero-order valence-corrected chi connectivity index (χ0v) is 9.12. The molecule has 0 heterocycles. The lowest BCUT2D eigenvalue weighted by atomic mass is 10.1. The van der Waals surface area contributed by atoms with Gasteiger partial charge in [-0.3, -0.25) is 0 Å². The highest BCUT2D eigenvalue weighted by Crippen LogP contribution is 2.24. The SMILES string of the molecule is O=C(O)c1cccc(C(=O)O)c1S(=O)(=O)Cl. The maximum atomic E-state index is 11.1. The first kappa shape index (κ1) is 12.5. The van der Waals surface area contributed by atoms with E-state index in [1.165, 1.54) is 0 Å². The maximum absolute atomic E-state index is 11.1. The zero-order valence-electron chi connectivity index (χ0n) is 7.55. The molecule has 0 aromatic heterocycles. The van der Waals surface area contributed by atoms with Crippen LogP contribution in [0.25, 0.3) is 0 Å². The predicted molar refractivity (Wildman–Crippen MR) is 53.4 cm³/mol. The van der Waals surface area contributed by atoms with Gasteiger partial charge in [0.1, 0.15) is 4.90 Å². The highest BCUT2D eigenvalue weighted by Gasteiger charge is 2.26. The molecule has 86 valence electrons. The van der Waals surface area contributed by atoms with Crippen molar-refractivity contribution in [3.63, 3.8) is 0 Å². The van der Waals surface area contributed by atoms with Crippen molar-refractivity contribution in [2.24, 2.45) is 0 Å². The lowest BCUT2D eigenvalue weighted by Crippen LogP contribution is -2.11. The number of hydrogen-bond acceptors (Lipinski definition) is 4. The van der Waals surface area contributed by atoms with Gasteiger partial charge < -0.3 is 10.2 Å². The molecule has 1 rings (SSSR count). The molecule has 1 aromatic carbocycles. The van der Waals surface area contributed by atoms with Crippen molar-refractivity contribution in [1.82, 2.24) is 0 Å². The Labute approximate surface area is 94.5 Å². The molecular formula is C8H5ClO6S. The first-order valence-corrected chi connectivity index (χ1v) is 6.10. The van der Waals surface area contributed by atoms with E-state index in [9.17, 15) is 18.0 Å². The summed E-state index contributed by atoms with van der Waals surface area (Å²) in [5, 5.41) is 17.4. The zero-order chi connectivity index (χ0) is 12.5. The Hall–Kier alpha value is -1.60. The average molecular weight is 265 g/mol. The monoisotopic (exact) mass is 264 g/mol. The van der Waals surface area contributed by atoms with Crippen LogP contribution in [0, 0.1) is 0 Å². The number of carboxylic acids is 2. The quantitative estimate of drug-likeness (QED) is 0.789. The van der Waals surface area contributed by atoms with E-state index in [4.69, 9.17) is 20.9 Å². The van der Waals surface area contributed by atoms with E-state index in [-0.39, 0.29) is 0 Å². The molecule has 16 heavy (non-hydrogen) atoms. The Bertz CT molecular complexity index is 530. The van der Waals surface area contributed by atoms with Gasteiger partial charge in [0.2, 0.25) is 0 Å². The molecule has 0 amide bonds. The third-order valence-electron chi connectivity index (χ3n) is 1.72. The summed E-state index contributed by atoms with van der Waals surface area (Å²) in [4.78, 5) is 20.5. The van der Waals surface area contributed by atoms with Crippen LogP contribution in [0.1, 0.15) is 20.7 Å². The van der Waals surface area contributed by atoms with Crippen LogP contribution < -0.4 is 0 Å².